The molecule has 0 bridgehead atoms. The Kier molecular flexibility index (Phi) is 4.93. The van der Waals surface area contributed by atoms with Gasteiger partial charge in [0.25, 0.3) is 19.9 Å². The van der Waals surface area contributed by atoms with Gasteiger partial charge in [-0.2, -0.15) is 13.2 Å². The van der Waals surface area contributed by atoms with Gasteiger partial charge < -0.3 is 0 Å². The van der Waals surface area contributed by atoms with E-state index in [1.807, 2.05) is 0 Å². The summed E-state index contributed by atoms with van der Waals surface area (Å²) in [6.07, 6.45) is 2.88. The molecule has 0 aliphatic rings. The van der Waals surface area contributed by atoms with Crippen molar-refractivity contribution >= 4 is 25.8 Å². The summed E-state index contributed by atoms with van der Waals surface area (Å²) < 4.78 is 89.2. The summed E-state index contributed by atoms with van der Waals surface area (Å²) in [7, 11) is -9.78. The number of para-hydroxylation sites is 1. The maximum atomic E-state index is 12.6. The number of aromatic nitrogens is 2. The number of rotatable bonds is 5. The predicted octanol–water partition coefficient (Wildman–Crippen LogP) is 2.97. The second kappa shape index (κ2) is 6.95. The molecule has 1 aromatic heterocycles. The molecule has 148 valence electrons. The summed E-state index contributed by atoms with van der Waals surface area (Å²) in [4.78, 5) is 2.45. The number of alkyl halides is 3. The predicted molar refractivity (Wildman–Crippen MR) is 94.1 cm³/mol. The van der Waals surface area contributed by atoms with Crippen LogP contribution in [-0.2, 0) is 19.9 Å². The zero-order valence-electron chi connectivity index (χ0n) is 13.8. The van der Waals surface area contributed by atoms with Crippen LogP contribution >= 0.6 is 0 Å². The minimum absolute atomic E-state index is 0.0433. The molecule has 12 heteroatoms. The molecule has 28 heavy (non-hydrogen) atoms. The fourth-order valence-electron chi connectivity index (χ4n) is 2.29. The Morgan fingerprint density at radius 2 is 1.43 bits per heavy atom. The Balaban J connectivity index is 1.91. The molecule has 0 amide bonds. The highest BCUT2D eigenvalue weighted by Crippen LogP contribution is 2.30. The highest BCUT2D eigenvalue weighted by Gasteiger charge is 2.46. The maximum Gasteiger partial charge on any atom is 0.501 e. The van der Waals surface area contributed by atoms with Gasteiger partial charge in [-0.25, -0.2) is 26.5 Å². The largest absolute Gasteiger partial charge is 0.501 e. The molecule has 0 aliphatic heterocycles. The third kappa shape index (κ3) is 3.73. The molecule has 1 heterocycles. The van der Waals surface area contributed by atoms with Crippen LogP contribution in [0, 0.1) is 0 Å². The van der Waals surface area contributed by atoms with Crippen molar-refractivity contribution in [3.63, 3.8) is 0 Å². The third-order valence-electron chi connectivity index (χ3n) is 3.65. The fraction of sp³-hybridized carbons (Fsp3) is 0.0625. The van der Waals surface area contributed by atoms with Crippen molar-refractivity contribution in [2.45, 2.75) is 15.3 Å². The number of sulfone groups is 1. The van der Waals surface area contributed by atoms with E-state index in [4.69, 9.17) is 0 Å². The average Bonchev–Trinajstić information content (AvgIpc) is 3.09. The van der Waals surface area contributed by atoms with Crippen molar-refractivity contribution < 1.29 is 30.0 Å². The van der Waals surface area contributed by atoms with Crippen molar-refractivity contribution in [2.24, 2.45) is 0 Å². The van der Waals surface area contributed by atoms with E-state index < -0.39 is 35.2 Å². The molecule has 0 unspecified atom stereocenters. The lowest BCUT2D eigenvalue weighted by atomic mass is 10.3. The first kappa shape index (κ1) is 19.9. The van der Waals surface area contributed by atoms with Crippen LogP contribution in [0.1, 0.15) is 0 Å². The number of halogens is 3. The van der Waals surface area contributed by atoms with Crippen LogP contribution in [0.15, 0.2) is 76.8 Å². The first-order valence-electron chi connectivity index (χ1n) is 7.55. The van der Waals surface area contributed by atoms with Crippen LogP contribution in [0.4, 0.5) is 19.1 Å². The molecule has 1 N–H and O–H groups in total. The van der Waals surface area contributed by atoms with Crippen LogP contribution in [0.3, 0.4) is 0 Å². The number of hydrogen-bond donors (Lipinski definition) is 1. The highest BCUT2D eigenvalue weighted by atomic mass is 32.2. The van der Waals surface area contributed by atoms with Crippen molar-refractivity contribution in [1.29, 1.82) is 0 Å². The highest BCUT2D eigenvalue weighted by molar-refractivity contribution is 7.93. The van der Waals surface area contributed by atoms with E-state index in [2.05, 4.69) is 9.71 Å². The van der Waals surface area contributed by atoms with Crippen LogP contribution in [-0.4, -0.2) is 31.9 Å². The molecule has 7 nitrogen and oxygen atoms in total. The zero-order chi connectivity index (χ0) is 20.6. The summed E-state index contributed by atoms with van der Waals surface area (Å²) in [5.74, 6) is -0.0433. The Morgan fingerprint density at radius 3 is 2.00 bits per heavy atom. The zero-order valence-corrected chi connectivity index (χ0v) is 15.5. The molecule has 0 fully saturated rings. The maximum absolute atomic E-state index is 12.6. The van der Waals surface area contributed by atoms with Gasteiger partial charge in [0.2, 0.25) is 5.95 Å². The molecule has 3 aromatic rings. The minimum Gasteiger partial charge on any atom is -0.286 e. The van der Waals surface area contributed by atoms with Crippen LogP contribution < -0.4 is 4.72 Å². The number of hydrogen-bond acceptors (Lipinski definition) is 5. The number of anilines is 1. The van der Waals surface area contributed by atoms with Crippen LogP contribution in [0.5, 0.6) is 0 Å². The van der Waals surface area contributed by atoms with Crippen molar-refractivity contribution in [1.82, 2.24) is 9.55 Å². The van der Waals surface area contributed by atoms with Gasteiger partial charge in [-0.1, -0.05) is 18.2 Å². The van der Waals surface area contributed by atoms with E-state index in [0.717, 1.165) is 12.1 Å². The first-order valence-corrected chi connectivity index (χ1v) is 10.5. The Labute approximate surface area is 158 Å². The smallest absolute Gasteiger partial charge is 0.286 e. The standard InChI is InChI=1S/C16H12F3N3O4S2/c17-16(18,19)27(23,24)13-6-8-14(9-7-13)28(25,26)21-15-20-10-11-22(15)12-4-2-1-3-5-12/h1-11H,(H,20,21). The van der Waals surface area contributed by atoms with Gasteiger partial charge in [-0.15, -0.1) is 0 Å². The van der Waals surface area contributed by atoms with Gasteiger partial charge in [0.15, 0.2) is 0 Å². The SMILES string of the molecule is O=S(=O)(Nc1nccn1-c1ccccc1)c1ccc(S(=O)(=O)C(F)(F)F)cc1. The fourth-order valence-corrected chi connectivity index (χ4v) is 4.05. The van der Waals surface area contributed by atoms with Gasteiger partial charge in [-0.05, 0) is 36.4 Å². The summed E-state index contributed by atoms with van der Waals surface area (Å²) >= 11 is 0. The lowest BCUT2D eigenvalue weighted by Crippen LogP contribution is -2.23. The number of nitrogens with one attached hydrogen (secondary N) is 1. The Bertz CT molecular complexity index is 1190. The van der Waals surface area contributed by atoms with E-state index in [1.54, 1.807) is 30.3 Å². The Morgan fingerprint density at radius 1 is 0.857 bits per heavy atom. The molecule has 0 saturated carbocycles. The third-order valence-corrected chi connectivity index (χ3v) is 6.50. The summed E-state index contributed by atoms with van der Waals surface area (Å²) in [6, 6.07) is 11.4. The molecule has 0 saturated heterocycles. The van der Waals surface area contributed by atoms with E-state index >= 15 is 0 Å². The molecule has 0 aliphatic carbocycles. The molecule has 0 atom stereocenters. The topological polar surface area (TPSA) is 98.1 Å². The van der Waals surface area contributed by atoms with Gasteiger partial charge in [0.05, 0.1) is 9.79 Å². The van der Waals surface area contributed by atoms with E-state index in [-0.39, 0.29) is 5.95 Å². The second-order valence-electron chi connectivity index (χ2n) is 5.48. The summed E-state index contributed by atoms with van der Waals surface area (Å²) in [6.45, 7) is 0. The lowest BCUT2D eigenvalue weighted by molar-refractivity contribution is -0.0436. The van der Waals surface area contributed by atoms with Gasteiger partial charge in [0.1, 0.15) is 0 Å². The molecule has 0 spiro atoms. The van der Waals surface area contributed by atoms with Crippen LogP contribution in [0.2, 0.25) is 0 Å². The number of benzene rings is 2. The monoisotopic (exact) mass is 431 g/mol. The van der Waals surface area contributed by atoms with Gasteiger partial charge in [0, 0.05) is 18.1 Å². The normalized spacial score (nSPS) is 12.7. The summed E-state index contributed by atoms with van der Waals surface area (Å²) in [5, 5.41) is 0. The molecule has 2 aromatic carbocycles. The number of imidazole rings is 1. The molecular weight excluding hydrogens is 419 g/mol. The van der Waals surface area contributed by atoms with E-state index in [9.17, 15) is 30.0 Å². The number of sulfonamides is 1. The minimum atomic E-state index is -5.56. The van der Waals surface area contributed by atoms with Gasteiger partial charge in [-0.3, -0.25) is 4.57 Å². The first-order chi connectivity index (χ1) is 13.0. The number of nitrogens with zero attached hydrogens (tertiary/aromatic N) is 2. The Hall–Kier alpha value is -2.86. The lowest BCUT2D eigenvalue weighted by Gasteiger charge is -2.11. The quantitative estimate of drug-likeness (QED) is 0.670. The van der Waals surface area contributed by atoms with Gasteiger partial charge >= 0.3 is 5.51 Å². The van der Waals surface area contributed by atoms with E-state index in [0.29, 0.717) is 17.8 Å². The van der Waals surface area contributed by atoms with E-state index in [1.165, 1.54) is 17.0 Å². The average molecular weight is 431 g/mol. The van der Waals surface area contributed by atoms with Crippen molar-refractivity contribution in [3.8, 4) is 5.69 Å². The van der Waals surface area contributed by atoms with Crippen molar-refractivity contribution in [3.05, 3.63) is 67.0 Å². The van der Waals surface area contributed by atoms with Crippen molar-refractivity contribution in [2.75, 3.05) is 4.72 Å². The molecular formula is C16H12F3N3O4S2. The molecule has 3 rings (SSSR count). The summed E-state index contributed by atoms with van der Waals surface area (Å²) in [5.41, 5.74) is -4.85. The molecule has 0 radical (unpaired) electrons. The van der Waals surface area contributed by atoms with Crippen LogP contribution in [0.25, 0.3) is 5.69 Å². The second-order valence-corrected chi connectivity index (χ2v) is 9.11.